The molecule has 0 saturated heterocycles. The Morgan fingerprint density at radius 3 is 2.75 bits per heavy atom. The molecule has 0 fully saturated rings. The molecule has 0 aliphatic rings. The lowest BCUT2D eigenvalue weighted by atomic mass is 10.1. The van der Waals surface area contributed by atoms with E-state index in [2.05, 4.69) is 28.7 Å². The minimum absolute atomic E-state index is 0.146. The molecule has 0 bridgehead atoms. The Morgan fingerprint density at radius 2 is 2.10 bits per heavy atom. The third kappa shape index (κ3) is 3.26. The monoisotopic (exact) mass is 294 g/mol. The van der Waals surface area contributed by atoms with Crippen molar-refractivity contribution in [2.45, 2.75) is 39.3 Å². The number of thiophene rings is 1. The van der Waals surface area contributed by atoms with Gasteiger partial charge in [0.05, 0.1) is 18.5 Å². The summed E-state index contributed by atoms with van der Waals surface area (Å²) < 4.78 is 0. The number of aliphatic hydroxyl groups excluding tert-OH is 1. The number of nitrogens with zero attached hydrogens (tertiary/aromatic N) is 3. The van der Waals surface area contributed by atoms with Crippen molar-refractivity contribution < 1.29 is 5.11 Å². The number of rotatable bonds is 7. The summed E-state index contributed by atoms with van der Waals surface area (Å²) in [7, 11) is 0. The van der Waals surface area contributed by atoms with Gasteiger partial charge in [-0.3, -0.25) is 4.90 Å². The van der Waals surface area contributed by atoms with E-state index < -0.39 is 0 Å². The molecule has 20 heavy (non-hydrogen) atoms. The lowest BCUT2D eigenvalue weighted by Crippen LogP contribution is -2.36. The molecule has 2 rings (SSSR count). The summed E-state index contributed by atoms with van der Waals surface area (Å²) in [5, 5.41) is 12.1. The lowest BCUT2D eigenvalue weighted by molar-refractivity contribution is 0.134. The molecule has 0 aliphatic heterocycles. The van der Waals surface area contributed by atoms with Gasteiger partial charge in [0.2, 0.25) is 0 Å². The van der Waals surface area contributed by atoms with Gasteiger partial charge < -0.3 is 10.8 Å². The van der Waals surface area contributed by atoms with Crippen molar-refractivity contribution in [2.24, 2.45) is 0 Å². The highest BCUT2D eigenvalue weighted by Gasteiger charge is 2.17. The molecule has 0 spiro atoms. The van der Waals surface area contributed by atoms with Crippen LogP contribution in [0.15, 0.2) is 11.4 Å². The van der Waals surface area contributed by atoms with Gasteiger partial charge in [0, 0.05) is 12.6 Å². The minimum Gasteiger partial charge on any atom is -0.395 e. The first-order valence-corrected chi connectivity index (χ1v) is 7.92. The maximum atomic E-state index is 9.24. The highest BCUT2D eigenvalue weighted by Crippen LogP contribution is 2.23. The number of nitrogen functional groups attached to an aromatic ring is 1. The smallest absolute Gasteiger partial charge is 0.146 e. The SMILES string of the molecule is CCC(CC)N(CCO)Cc1nc(N)c2ccsc2n1. The Balaban J connectivity index is 2.23. The van der Waals surface area contributed by atoms with Crippen LogP contribution in [0.2, 0.25) is 0 Å². The second-order valence-corrected chi connectivity index (χ2v) is 5.72. The molecular formula is C14H22N4OS. The van der Waals surface area contributed by atoms with Gasteiger partial charge in [0.1, 0.15) is 16.5 Å². The van der Waals surface area contributed by atoms with Crippen LogP contribution in [0.25, 0.3) is 10.2 Å². The summed E-state index contributed by atoms with van der Waals surface area (Å²) in [5.41, 5.74) is 5.98. The van der Waals surface area contributed by atoms with Gasteiger partial charge in [-0.1, -0.05) is 13.8 Å². The van der Waals surface area contributed by atoms with Crippen molar-refractivity contribution in [3.63, 3.8) is 0 Å². The van der Waals surface area contributed by atoms with E-state index >= 15 is 0 Å². The predicted octanol–water partition coefficient (Wildman–Crippen LogP) is 2.26. The Kier molecular flexibility index (Phi) is 5.28. The van der Waals surface area contributed by atoms with E-state index in [0.29, 0.717) is 24.9 Å². The molecule has 2 heterocycles. The molecular weight excluding hydrogens is 272 g/mol. The van der Waals surface area contributed by atoms with Gasteiger partial charge in [0.15, 0.2) is 0 Å². The number of fused-ring (bicyclic) bond motifs is 1. The zero-order chi connectivity index (χ0) is 14.5. The maximum absolute atomic E-state index is 9.24. The summed E-state index contributed by atoms with van der Waals surface area (Å²) >= 11 is 1.58. The van der Waals surface area contributed by atoms with Gasteiger partial charge in [0.25, 0.3) is 0 Å². The van der Waals surface area contributed by atoms with Crippen molar-refractivity contribution in [2.75, 3.05) is 18.9 Å². The number of aromatic nitrogens is 2. The second-order valence-electron chi connectivity index (χ2n) is 4.83. The van der Waals surface area contributed by atoms with Crippen molar-refractivity contribution in [1.82, 2.24) is 14.9 Å². The summed E-state index contributed by atoms with van der Waals surface area (Å²) in [5.74, 6) is 1.28. The topological polar surface area (TPSA) is 75.3 Å². The van der Waals surface area contributed by atoms with Gasteiger partial charge in [-0.2, -0.15) is 0 Å². The molecule has 0 atom stereocenters. The predicted molar refractivity (Wildman–Crippen MR) is 83.7 cm³/mol. The van der Waals surface area contributed by atoms with Gasteiger partial charge in [-0.25, -0.2) is 9.97 Å². The first-order chi connectivity index (χ1) is 9.69. The molecule has 3 N–H and O–H groups in total. The van der Waals surface area contributed by atoms with Gasteiger partial charge in [-0.05, 0) is 24.3 Å². The normalized spacial score (nSPS) is 11.8. The van der Waals surface area contributed by atoms with Crippen molar-refractivity contribution in [3.05, 3.63) is 17.3 Å². The molecule has 6 heteroatoms. The minimum atomic E-state index is 0.146. The fourth-order valence-corrected chi connectivity index (χ4v) is 3.29. The average molecular weight is 294 g/mol. The highest BCUT2D eigenvalue weighted by molar-refractivity contribution is 7.16. The van der Waals surface area contributed by atoms with Gasteiger partial charge >= 0.3 is 0 Å². The fraction of sp³-hybridized carbons (Fsp3) is 0.571. The highest BCUT2D eigenvalue weighted by atomic mass is 32.1. The van der Waals surface area contributed by atoms with Crippen molar-refractivity contribution in [3.8, 4) is 0 Å². The Morgan fingerprint density at radius 1 is 1.35 bits per heavy atom. The van der Waals surface area contributed by atoms with Crippen LogP contribution >= 0.6 is 11.3 Å². The van der Waals surface area contributed by atoms with Crippen LogP contribution in [-0.2, 0) is 6.54 Å². The summed E-state index contributed by atoms with van der Waals surface area (Å²) in [6.45, 7) is 5.74. The molecule has 5 nitrogen and oxygen atoms in total. The number of nitrogens with two attached hydrogens (primary N) is 1. The molecule has 0 aliphatic carbocycles. The van der Waals surface area contributed by atoms with Gasteiger partial charge in [-0.15, -0.1) is 11.3 Å². The molecule has 110 valence electrons. The Labute approximate surface area is 123 Å². The second kappa shape index (κ2) is 6.97. The molecule has 0 unspecified atom stereocenters. The van der Waals surface area contributed by atoms with Crippen LogP contribution in [0.3, 0.4) is 0 Å². The van der Waals surface area contributed by atoms with E-state index in [1.54, 1.807) is 11.3 Å². The zero-order valence-electron chi connectivity index (χ0n) is 12.0. The van der Waals surface area contributed by atoms with Crippen LogP contribution in [0.4, 0.5) is 5.82 Å². The van der Waals surface area contributed by atoms with Crippen LogP contribution in [0.5, 0.6) is 0 Å². The van der Waals surface area contributed by atoms with Crippen LogP contribution in [0.1, 0.15) is 32.5 Å². The van der Waals surface area contributed by atoms with Crippen LogP contribution in [-0.4, -0.2) is 39.2 Å². The summed E-state index contributed by atoms with van der Waals surface area (Å²) in [6, 6.07) is 2.39. The quantitative estimate of drug-likeness (QED) is 0.819. The number of hydrogen-bond acceptors (Lipinski definition) is 6. The maximum Gasteiger partial charge on any atom is 0.146 e. The van der Waals surface area contributed by atoms with Crippen molar-refractivity contribution in [1.29, 1.82) is 0 Å². The average Bonchev–Trinajstić information content (AvgIpc) is 2.89. The van der Waals surface area contributed by atoms with E-state index in [9.17, 15) is 5.11 Å². The van der Waals surface area contributed by atoms with E-state index in [-0.39, 0.29) is 6.61 Å². The standard InChI is InChI=1S/C14H22N4OS/c1-3-10(4-2)18(6-7-19)9-12-16-13(15)11-5-8-20-14(11)17-12/h5,8,10,19H,3-4,6-7,9H2,1-2H3,(H2,15,16,17). The van der Waals surface area contributed by atoms with E-state index in [4.69, 9.17) is 5.73 Å². The summed E-state index contributed by atoms with van der Waals surface area (Å²) in [4.78, 5) is 12.1. The number of anilines is 1. The van der Waals surface area contributed by atoms with E-state index in [0.717, 1.165) is 28.9 Å². The van der Waals surface area contributed by atoms with Crippen LogP contribution < -0.4 is 5.73 Å². The molecule has 0 amide bonds. The molecule has 2 aromatic heterocycles. The first-order valence-electron chi connectivity index (χ1n) is 7.04. The third-order valence-electron chi connectivity index (χ3n) is 3.59. The van der Waals surface area contributed by atoms with E-state index in [1.807, 2.05) is 11.4 Å². The molecule has 0 saturated carbocycles. The van der Waals surface area contributed by atoms with Crippen LogP contribution in [0, 0.1) is 0 Å². The molecule has 2 aromatic rings. The van der Waals surface area contributed by atoms with Crippen molar-refractivity contribution >= 4 is 27.4 Å². The largest absolute Gasteiger partial charge is 0.395 e. The molecule has 0 aromatic carbocycles. The Bertz CT molecular complexity index is 553. The Hall–Kier alpha value is -1.24. The first kappa shape index (κ1) is 15.2. The lowest BCUT2D eigenvalue weighted by Gasteiger charge is -2.29. The molecule has 0 radical (unpaired) electrons. The van der Waals surface area contributed by atoms with E-state index in [1.165, 1.54) is 0 Å². The summed E-state index contributed by atoms with van der Waals surface area (Å²) in [6.07, 6.45) is 2.10. The number of aliphatic hydroxyl groups is 1. The number of hydrogen-bond donors (Lipinski definition) is 2. The zero-order valence-corrected chi connectivity index (χ0v) is 12.9. The fourth-order valence-electron chi connectivity index (χ4n) is 2.50. The third-order valence-corrected chi connectivity index (χ3v) is 4.40.